The number of para-hydroxylation sites is 1. The molecule has 0 saturated carbocycles. The van der Waals surface area contributed by atoms with Crippen molar-refractivity contribution in [3.8, 4) is 5.69 Å². The molecule has 1 N–H and O–H groups in total. The molecular formula is C19H16N4OS. The van der Waals surface area contributed by atoms with E-state index in [0.29, 0.717) is 16.2 Å². The maximum atomic E-state index is 12.4. The van der Waals surface area contributed by atoms with E-state index in [2.05, 4.69) is 27.2 Å². The van der Waals surface area contributed by atoms with Gasteiger partial charge in [-0.05, 0) is 24.1 Å². The summed E-state index contributed by atoms with van der Waals surface area (Å²) in [4.78, 5) is 19.9. The van der Waals surface area contributed by atoms with Crippen molar-refractivity contribution < 1.29 is 0 Å². The second kappa shape index (κ2) is 6.57. The van der Waals surface area contributed by atoms with Crippen LogP contribution in [0.25, 0.3) is 16.7 Å². The van der Waals surface area contributed by atoms with E-state index in [-0.39, 0.29) is 5.56 Å². The van der Waals surface area contributed by atoms with Crippen LogP contribution in [0, 0.1) is 6.92 Å². The fourth-order valence-corrected chi connectivity index (χ4v) is 3.48. The molecule has 124 valence electrons. The molecule has 2 aromatic heterocycles. The molecule has 2 aromatic carbocycles. The first-order valence-corrected chi connectivity index (χ1v) is 8.92. The molecule has 0 spiro atoms. The number of aromatic amines is 1. The average molecular weight is 348 g/mol. The number of fused-ring (bicyclic) bond motifs is 1. The molecule has 25 heavy (non-hydrogen) atoms. The molecule has 0 saturated heterocycles. The van der Waals surface area contributed by atoms with Gasteiger partial charge in [0.25, 0.3) is 5.56 Å². The van der Waals surface area contributed by atoms with Crippen molar-refractivity contribution in [2.45, 2.75) is 17.8 Å². The maximum absolute atomic E-state index is 12.4. The number of aromatic nitrogens is 4. The van der Waals surface area contributed by atoms with E-state index in [9.17, 15) is 4.79 Å². The van der Waals surface area contributed by atoms with Crippen molar-refractivity contribution in [3.05, 3.63) is 82.3 Å². The number of hydrogen-bond acceptors (Lipinski definition) is 4. The van der Waals surface area contributed by atoms with Crippen LogP contribution in [0.15, 0.2) is 70.7 Å². The number of nitrogens with zero attached hydrogens (tertiary/aromatic N) is 3. The van der Waals surface area contributed by atoms with E-state index in [1.165, 1.54) is 17.3 Å². The fourth-order valence-electron chi connectivity index (χ4n) is 2.67. The third-order valence-corrected chi connectivity index (χ3v) is 4.92. The van der Waals surface area contributed by atoms with Gasteiger partial charge in [-0.15, -0.1) is 0 Å². The molecule has 0 aliphatic heterocycles. The van der Waals surface area contributed by atoms with Gasteiger partial charge < -0.3 is 4.98 Å². The minimum atomic E-state index is -0.166. The van der Waals surface area contributed by atoms with Crippen molar-refractivity contribution in [3.63, 3.8) is 0 Å². The highest BCUT2D eigenvalue weighted by Crippen LogP contribution is 2.22. The lowest BCUT2D eigenvalue weighted by Crippen LogP contribution is -2.10. The standard InChI is InChI=1S/C19H16N4OS/c1-13-7-5-6-10-16(13)23-17-15(11-20-23)18(24)22-19(21-17)25-12-14-8-3-2-4-9-14/h2-11H,12H2,1H3,(H,21,22,24). The quantitative estimate of drug-likeness (QED) is 0.451. The van der Waals surface area contributed by atoms with Gasteiger partial charge >= 0.3 is 0 Å². The summed E-state index contributed by atoms with van der Waals surface area (Å²) < 4.78 is 1.73. The van der Waals surface area contributed by atoms with Gasteiger partial charge in [0.05, 0.1) is 11.9 Å². The minimum Gasteiger partial charge on any atom is -0.301 e. The van der Waals surface area contributed by atoms with Crippen LogP contribution in [0.5, 0.6) is 0 Å². The van der Waals surface area contributed by atoms with Crippen molar-refractivity contribution in [2.75, 3.05) is 0 Å². The van der Waals surface area contributed by atoms with Crippen LogP contribution in [0.2, 0.25) is 0 Å². The van der Waals surface area contributed by atoms with E-state index in [4.69, 9.17) is 0 Å². The van der Waals surface area contributed by atoms with E-state index in [0.717, 1.165) is 17.0 Å². The molecule has 0 aliphatic rings. The number of aryl methyl sites for hydroxylation is 1. The normalized spacial score (nSPS) is 11.1. The largest absolute Gasteiger partial charge is 0.301 e. The van der Waals surface area contributed by atoms with Gasteiger partial charge in [-0.3, -0.25) is 4.79 Å². The summed E-state index contributed by atoms with van der Waals surface area (Å²) in [5, 5.41) is 5.46. The van der Waals surface area contributed by atoms with E-state index < -0.39 is 0 Å². The molecule has 0 fully saturated rings. The number of thioether (sulfide) groups is 1. The molecule has 5 nitrogen and oxygen atoms in total. The molecule has 0 unspecified atom stereocenters. The zero-order valence-electron chi connectivity index (χ0n) is 13.6. The van der Waals surface area contributed by atoms with Gasteiger partial charge in [0.15, 0.2) is 10.8 Å². The Kier molecular flexibility index (Phi) is 4.11. The SMILES string of the molecule is Cc1ccccc1-n1ncc2c(=O)[nH]c(SCc3ccccc3)nc21. The lowest BCUT2D eigenvalue weighted by Gasteiger charge is -2.07. The Morgan fingerprint density at radius 1 is 1.08 bits per heavy atom. The van der Waals surface area contributed by atoms with Gasteiger partial charge in [-0.2, -0.15) is 5.10 Å². The Balaban J connectivity index is 1.74. The highest BCUT2D eigenvalue weighted by molar-refractivity contribution is 7.98. The Bertz CT molecular complexity index is 1090. The molecule has 4 rings (SSSR count). The summed E-state index contributed by atoms with van der Waals surface area (Å²) in [5.74, 6) is 0.744. The number of hydrogen-bond donors (Lipinski definition) is 1. The minimum absolute atomic E-state index is 0.166. The molecule has 2 heterocycles. The zero-order valence-corrected chi connectivity index (χ0v) is 14.5. The average Bonchev–Trinajstić information content (AvgIpc) is 3.06. The first kappa shape index (κ1) is 15.7. The van der Waals surface area contributed by atoms with Crippen LogP contribution < -0.4 is 5.56 Å². The Morgan fingerprint density at radius 3 is 2.64 bits per heavy atom. The Hall–Kier alpha value is -2.86. The van der Waals surface area contributed by atoms with Gasteiger partial charge in [0.2, 0.25) is 0 Å². The summed E-state index contributed by atoms with van der Waals surface area (Å²) >= 11 is 1.51. The molecule has 6 heteroatoms. The molecule has 0 aliphatic carbocycles. The van der Waals surface area contributed by atoms with Crippen LogP contribution in [0.4, 0.5) is 0 Å². The number of H-pyrrole nitrogens is 1. The van der Waals surface area contributed by atoms with Crippen molar-refractivity contribution in [2.24, 2.45) is 0 Å². The Labute approximate surface area is 148 Å². The van der Waals surface area contributed by atoms with Crippen LogP contribution in [-0.4, -0.2) is 19.7 Å². The van der Waals surface area contributed by atoms with Gasteiger partial charge in [0.1, 0.15) is 5.39 Å². The van der Waals surface area contributed by atoms with Gasteiger partial charge in [0, 0.05) is 5.75 Å². The lowest BCUT2D eigenvalue weighted by atomic mass is 10.2. The van der Waals surface area contributed by atoms with Gasteiger partial charge in [-0.1, -0.05) is 60.3 Å². The van der Waals surface area contributed by atoms with Crippen molar-refractivity contribution in [1.29, 1.82) is 0 Å². The summed E-state index contributed by atoms with van der Waals surface area (Å²) in [7, 11) is 0. The smallest absolute Gasteiger partial charge is 0.262 e. The maximum Gasteiger partial charge on any atom is 0.262 e. The van der Waals surface area contributed by atoms with E-state index >= 15 is 0 Å². The first-order chi connectivity index (χ1) is 12.2. The summed E-state index contributed by atoms with van der Waals surface area (Å²) in [6.45, 7) is 2.01. The topological polar surface area (TPSA) is 63.6 Å². The number of rotatable bonds is 4. The molecule has 0 amide bonds. The molecule has 4 aromatic rings. The lowest BCUT2D eigenvalue weighted by molar-refractivity contribution is 0.867. The van der Waals surface area contributed by atoms with Crippen LogP contribution in [-0.2, 0) is 5.75 Å². The number of nitrogens with one attached hydrogen (secondary N) is 1. The zero-order chi connectivity index (χ0) is 17.2. The number of benzene rings is 2. The summed E-state index contributed by atoms with van der Waals surface area (Å²) in [5.41, 5.74) is 3.60. The monoisotopic (exact) mass is 348 g/mol. The van der Waals surface area contributed by atoms with Crippen LogP contribution in [0.3, 0.4) is 0 Å². The molecular weight excluding hydrogens is 332 g/mol. The highest BCUT2D eigenvalue weighted by Gasteiger charge is 2.13. The predicted octanol–water partition coefficient (Wildman–Crippen LogP) is 3.71. The van der Waals surface area contributed by atoms with Crippen molar-refractivity contribution >= 4 is 22.8 Å². The molecule has 0 atom stereocenters. The first-order valence-electron chi connectivity index (χ1n) is 7.93. The Morgan fingerprint density at radius 2 is 1.84 bits per heavy atom. The van der Waals surface area contributed by atoms with Crippen LogP contribution >= 0.6 is 11.8 Å². The molecule has 0 radical (unpaired) electrons. The van der Waals surface area contributed by atoms with Crippen molar-refractivity contribution in [1.82, 2.24) is 19.7 Å². The van der Waals surface area contributed by atoms with E-state index in [1.54, 1.807) is 10.9 Å². The third kappa shape index (κ3) is 3.08. The second-order valence-electron chi connectivity index (χ2n) is 5.73. The summed E-state index contributed by atoms with van der Waals surface area (Å²) in [6.07, 6.45) is 1.57. The fraction of sp³-hybridized carbons (Fsp3) is 0.105. The predicted molar refractivity (Wildman–Crippen MR) is 100 cm³/mol. The van der Waals surface area contributed by atoms with E-state index in [1.807, 2.05) is 49.4 Å². The van der Waals surface area contributed by atoms with Gasteiger partial charge in [-0.25, -0.2) is 9.67 Å². The third-order valence-electron chi connectivity index (χ3n) is 3.98. The second-order valence-corrected chi connectivity index (χ2v) is 6.69. The summed E-state index contributed by atoms with van der Waals surface area (Å²) in [6, 6.07) is 18.0. The highest BCUT2D eigenvalue weighted by atomic mass is 32.2. The molecule has 0 bridgehead atoms. The van der Waals surface area contributed by atoms with Crippen LogP contribution in [0.1, 0.15) is 11.1 Å².